The Balaban J connectivity index is 1.50. The Labute approximate surface area is 225 Å². The van der Waals surface area contributed by atoms with Gasteiger partial charge in [0.25, 0.3) is 11.8 Å². The van der Waals surface area contributed by atoms with Crippen LogP contribution < -0.4 is 29.2 Å². The Kier molecular flexibility index (Phi) is 7.31. The first-order chi connectivity index (χ1) is 19.0. The Morgan fingerprint density at radius 2 is 1.79 bits per heavy atom. The van der Waals surface area contributed by atoms with Gasteiger partial charge in [0.15, 0.2) is 23.0 Å². The van der Waals surface area contributed by atoms with Crippen molar-refractivity contribution in [3.63, 3.8) is 0 Å². The van der Waals surface area contributed by atoms with E-state index in [4.69, 9.17) is 18.9 Å². The highest BCUT2D eigenvalue weighted by molar-refractivity contribution is 6.39. The van der Waals surface area contributed by atoms with E-state index < -0.39 is 17.8 Å². The van der Waals surface area contributed by atoms with Gasteiger partial charge in [-0.05, 0) is 54.8 Å². The lowest BCUT2D eigenvalue weighted by Gasteiger charge is -2.26. The largest absolute Gasteiger partial charge is 0.490 e. The average Bonchev–Trinajstić information content (AvgIpc) is 3.40. The molecule has 0 aromatic heterocycles. The lowest BCUT2D eigenvalue weighted by Crippen LogP contribution is -2.54. The van der Waals surface area contributed by atoms with E-state index in [2.05, 4.69) is 11.9 Å². The number of benzene rings is 3. The minimum Gasteiger partial charge on any atom is -0.490 e. The molecule has 1 saturated heterocycles. The standard InChI is InChI=1S/C30H26N2O7/c1-3-8-21-13-20(15-26(36-4-2)27(21)37-17-19-9-6-5-7-10-19)14-23-28(33)31-30(35)32(29(23)34)22-11-12-24-25(16-22)39-18-38-24/h3,5-7,9-16H,1,4,8,17-18H2,2H3,(H,31,33,35)/b23-14+. The number of allylic oxidation sites excluding steroid dienone is 1. The Morgan fingerprint density at radius 3 is 2.56 bits per heavy atom. The fourth-order valence-electron chi connectivity index (χ4n) is 4.31. The molecule has 3 aromatic rings. The highest BCUT2D eigenvalue weighted by Gasteiger charge is 2.37. The van der Waals surface area contributed by atoms with Crippen LogP contribution in [-0.2, 0) is 22.6 Å². The third-order valence-electron chi connectivity index (χ3n) is 6.07. The molecule has 0 atom stereocenters. The number of ether oxygens (including phenoxy) is 4. The Bertz CT molecular complexity index is 1480. The minimum atomic E-state index is -0.854. The number of fused-ring (bicyclic) bond motifs is 1. The summed E-state index contributed by atoms with van der Waals surface area (Å²) < 4.78 is 22.7. The van der Waals surface area contributed by atoms with Crippen molar-refractivity contribution in [2.45, 2.75) is 20.0 Å². The fourth-order valence-corrected chi connectivity index (χ4v) is 4.31. The monoisotopic (exact) mass is 526 g/mol. The maximum atomic E-state index is 13.4. The van der Waals surface area contributed by atoms with Gasteiger partial charge in [-0.25, -0.2) is 9.69 Å². The SMILES string of the molecule is C=CCc1cc(/C=C2\C(=O)NC(=O)N(c3ccc4c(c3)OCO4)C2=O)cc(OCC)c1OCc1ccccc1. The van der Waals surface area contributed by atoms with Gasteiger partial charge in [-0.1, -0.05) is 36.4 Å². The average molecular weight is 527 g/mol. The third kappa shape index (κ3) is 5.33. The van der Waals surface area contributed by atoms with E-state index in [-0.39, 0.29) is 18.1 Å². The summed E-state index contributed by atoms with van der Waals surface area (Å²) in [7, 11) is 0. The maximum Gasteiger partial charge on any atom is 0.335 e. The van der Waals surface area contributed by atoms with E-state index >= 15 is 0 Å². The van der Waals surface area contributed by atoms with Gasteiger partial charge in [0.1, 0.15) is 12.2 Å². The quantitative estimate of drug-likeness (QED) is 0.243. The van der Waals surface area contributed by atoms with Crippen LogP contribution in [0.1, 0.15) is 23.6 Å². The number of imide groups is 2. The summed E-state index contributed by atoms with van der Waals surface area (Å²) in [4.78, 5) is 39.7. The number of hydrogen-bond donors (Lipinski definition) is 1. The second kappa shape index (κ2) is 11.1. The fraction of sp³-hybridized carbons (Fsp3) is 0.167. The van der Waals surface area contributed by atoms with E-state index in [0.29, 0.717) is 48.2 Å². The molecule has 1 fully saturated rings. The molecule has 2 aliphatic rings. The van der Waals surface area contributed by atoms with Crippen LogP contribution in [0.4, 0.5) is 10.5 Å². The van der Waals surface area contributed by atoms with E-state index in [1.165, 1.54) is 12.1 Å². The number of carbonyl (C=O) groups is 3. The van der Waals surface area contributed by atoms with E-state index in [1.54, 1.807) is 30.3 Å². The predicted octanol–water partition coefficient (Wildman–Crippen LogP) is 4.79. The van der Waals surface area contributed by atoms with Crippen LogP contribution in [0, 0.1) is 0 Å². The number of nitrogens with zero attached hydrogens (tertiary/aromatic N) is 1. The van der Waals surface area contributed by atoms with Gasteiger partial charge in [0.2, 0.25) is 6.79 Å². The summed E-state index contributed by atoms with van der Waals surface area (Å²) >= 11 is 0. The molecule has 9 nitrogen and oxygen atoms in total. The number of carbonyl (C=O) groups excluding carboxylic acids is 3. The molecule has 0 unspecified atom stereocenters. The summed E-state index contributed by atoms with van der Waals surface area (Å²) in [5.41, 5.74) is 2.32. The van der Waals surface area contributed by atoms with Crippen molar-refractivity contribution in [3.05, 3.63) is 95.6 Å². The highest BCUT2D eigenvalue weighted by Crippen LogP contribution is 2.38. The van der Waals surface area contributed by atoms with Gasteiger partial charge in [-0.3, -0.25) is 14.9 Å². The summed E-state index contributed by atoms with van der Waals surface area (Å²) in [6.07, 6.45) is 3.62. The minimum absolute atomic E-state index is 0.0445. The zero-order valence-corrected chi connectivity index (χ0v) is 21.3. The molecule has 0 aliphatic carbocycles. The van der Waals surface area contributed by atoms with E-state index in [9.17, 15) is 14.4 Å². The number of urea groups is 1. The van der Waals surface area contributed by atoms with Crippen molar-refractivity contribution in [1.82, 2.24) is 5.32 Å². The Morgan fingerprint density at radius 1 is 1.00 bits per heavy atom. The van der Waals surface area contributed by atoms with Crippen LogP contribution in [0.2, 0.25) is 0 Å². The van der Waals surface area contributed by atoms with Crippen LogP contribution in [0.15, 0.2) is 78.9 Å². The zero-order chi connectivity index (χ0) is 27.4. The molecule has 0 spiro atoms. The summed E-state index contributed by atoms with van der Waals surface area (Å²) in [5, 5.41) is 2.24. The van der Waals surface area contributed by atoms with Crippen molar-refractivity contribution < 1.29 is 33.3 Å². The summed E-state index contributed by atoms with van der Waals surface area (Å²) in [5.74, 6) is 0.358. The smallest absolute Gasteiger partial charge is 0.335 e. The molecule has 2 aliphatic heterocycles. The van der Waals surface area contributed by atoms with Gasteiger partial charge < -0.3 is 18.9 Å². The van der Waals surface area contributed by atoms with Crippen LogP contribution in [-0.4, -0.2) is 31.2 Å². The maximum absolute atomic E-state index is 13.4. The summed E-state index contributed by atoms with van der Waals surface area (Å²) in [6.45, 7) is 6.45. The third-order valence-corrected chi connectivity index (χ3v) is 6.07. The van der Waals surface area contributed by atoms with Crippen molar-refractivity contribution >= 4 is 29.6 Å². The Hall–Kier alpha value is -5.05. The molecule has 9 heteroatoms. The first-order valence-electron chi connectivity index (χ1n) is 12.4. The molecule has 1 N–H and O–H groups in total. The molecular weight excluding hydrogens is 500 g/mol. The highest BCUT2D eigenvalue weighted by atomic mass is 16.7. The number of amides is 4. The lowest BCUT2D eigenvalue weighted by molar-refractivity contribution is -0.122. The van der Waals surface area contributed by atoms with E-state index in [0.717, 1.165) is 16.0 Å². The van der Waals surface area contributed by atoms with Crippen molar-refractivity contribution in [2.24, 2.45) is 0 Å². The topological polar surface area (TPSA) is 103 Å². The first-order valence-corrected chi connectivity index (χ1v) is 12.4. The van der Waals surface area contributed by atoms with E-state index in [1.807, 2.05) is 37.3 Å². The molecule has 0 bridgehead atoms. The number of barbiturate groups is 1. The van der Waals surface area contributed by atoms with Crippen LogP contribution in [0.25, 0.3) is 6.08 Å². The van der Waals surface area contributed by atoms with Gasteiger partial charge >= 0.3 is 6.03 Å². The molecule has 2 heterocycles. The second-order valence-corrected chi connectivity index (χ2v) is 8.70. The predicted molar refractivity (Wildman–Crippen MR) is 144 cm³/mol. The summed E-state index contributed by atoms with van der Waals surface area (Å²) in [6, 6.07) is 17.1. The number of anilines is 1. The van der Waals surface area contributed by atoms with Gasteiger partial charge in [-0.15, -0.1) is 6.58 Å². The second-order valence-electron chi connectivity index (χ2n) is 8.70. The van der Waals surface area contributed by atoms with Crippen LogP contribution >= 0.6 is 0 Å². The zero-order valence-electron chi connectivity index (χ0n) is 21.3. The van der Waals surface area contributed by atoms with Crippen molar-refractivity contribution in [2.75, 3.05) is 18.3 Å². The molecule has 5 rings (SSSR count). The van der Waals surface area contributed by atoms with Crippen LogP contribution in [0.3, 0.4) is 0 Å². The number of rotatable bonds is 9. The molecule has 3 aromatic carbocycles. The number of nitrogens with one attached hydrogen (secondary N) is 1. The van der Waals surface area contributed by atoms with Gasteiger partial charge in [-0.2, -0.15) is 0 Å². The van der Waals surface area contributed by atoms with Crippen LogP contribution in [0.5, 0.6) is 23.0 Å². The van der Waals surface area contributed by atoms with Gasteiger partial charge in [0.05, 0.1) is 12.3 Å². The molecule has 0 radical (unpaired) electrons. The molecule has 198 valence electrons. The van der Waals surface area contributed by atoms with Gasteiger partial charge in [0, 0.05) is 11.6 Å². The molecular formula is C30H26N2O7. The normalized spacial score (nSPS) is 15.4. The van der Waals surface area contributed by atoms with Crippen molar-refractivity contribution in [1.29, 1.82) is 0 Å². The lowest BCUT2D eigenvalue weighted by atomic mass is 10.0. The van der Waals surface area contributed by atoms with Crippen molar-refractivity contribution in [3.8, 4) is 23.0 Å². The molecule has 39 heavy (non-hydrogen) atoms. The first kappa shape index (κ1) is 25.6. The molecule has 4 amide bonds. The number of hydrogen-bond acceptors (Lipinski definition) is 7. The molecule has 0 saturated carbocycles.